The van der Waals surface area contributed by atoms with E-state index in [1.165, 1.54) is 0 Å². The quantitative estimate of drug-likeness (QED) is 0.810. The highest BCUT2D eigenvalue weighted by Crippen LogP contribution is 2.15. The van der Waals surface area contributed by atoms with Gasteiger partial charge < -0.3 is 10.2 Å². The second-order valence-electron chi connectivity index (χ2n) is 5.29. The molecule has 2 amide bonds. The number of hydrogen-bond donors (Lipinski definition) is 1. The van der Waals surface area contributed by atoms with Crippen molar-refractivity contribution in [3.63, 3.8) is 0 Å². The summed E-state index contributed by atoms with van der Waals surface area (Å²) in [5.74, 6) is 0.626. The molecule has 2 atom stereocenters. The van der Waals surface area contributed by atoms with Gasteiger partial charge in [-0.05, 0) is 25.7 Å². The van der Waals surface area contributed by atoms with Crippen molar-refractivity contribution < 1.29 is 9.59 Å². The van der Waals surface area contributed by atoms with Crippen molar-refractivity contribution >= 4 is 11.8 Å². The van der Waals surface area contributed by atoms with E-state index in [2.05, 4.69) is 26.1 Å². The predicted octanol–water partition coefficient (Wildman–Crippen LogP) is 1.55. The van der Waals surface area contributed by atoms with E-state index in [4.69, 9.17) is 0 Å². The lowest BCUT2D eigenvalue weighted by molar-refractivity contribution is -0.135. The van der Waals surface area contributed by atoms with Crippen LogP contribution in [0.4, 0.5) is 0 Å². The standard InChI is InChI=1S/C13H24N2O2/c1-5-11-13(17)15(7-6-12(16)14-11)10(4)8-9(2)3/h9-11H,5-8H2,1-4H3,(H,14,16). The van der Waals surface area contributed by atoms with Crippen LogP contribution in [0.5, 0.6) is 0 Å². The molecule has 2 unspecified atom stereocenters. The molecule has 1 aliphatic heterocycles. The van der Waals surface area contributed by atoms with Gasteiger partial charge in [-0.25, -0.2) is 0 Å². The summed E-state index contributed by atoms with van der Waals surface area (Å²) >= 11 is 0. The maximum absolute atomic E-state index is 12.3. The molecular formula is C13H24N2O2. The maximum atomic E-state index is 12.3. The van der Waals surface area contributed by atoms with Gasteiger partial charge in [-0.3, -0.25) is 9.59 Å². The summed E-state index contributed by atoms with van der Waals surface area (Å²) in [6.45, 7) is 8.86. The first-order valence-electron chi connectivity index (χ1n) is 6.55. The summed E-state index contributed by atoms with van der Waals surface area (Å²) in [5.41, 5.74) is 0. The van der Waals surface area contributed by atoms with Crippen molar-refractivity contribution in [2.24, 2.45) is 5.92 Å². The highest BCUT2D eigenvalue weighted by molar-refractivity contribution is 5.90. The molecule has 17 heavy (non-hydrogen) atoms. The maximum Gasteiger partial charge on any atom is 0.245 e. The highest BCUT2D eigenvalue weighted by Gasteiger charge is 2.31. The van der Waals surface area contributed by atoms with Gasteiger partial charge in [-0.15, -0.1) is 0 Å². The van der Waals surface area contributed by atoms with E-state index in [1.807, 2.05) is 11.8 Å². The summed E-state index contributed by atoms with van der Waals surface area (Å²) in [5, 5.41) is 2.79. The van der Waals surface area contributed by atoms with Crippen LogP contribution in [-0.2, 0) is 9.59 Å². The molecule has 0 spiro atoms. The fraction of sp³-hybridized carbons (Fsp3) is 0.846. The third-order valence-corrected chi connectivity index (χ3v) is 3.25. The van der Waals surface area contributed by atoms with E-state index in [1.54, 1.807) is 0 Å². The zero-order valence-corrected chi connectivity index (χ0v) is 11.3. The van der Waals surface area contributed by atoms with Crippen molar-refractivity contribution in [2.75, 3.05) is 6.54 Å². The molecular weight excluding hydrogens is 216 g/mol. The molecule has 1 rings (SSSR count). The number of amides is 2. The van der Waals surface area contributed by atoms with Gasteiger partial charge in [0.05, 0.1) is 0 Å². The number of nitrogens with zero attached hydrogens (tertiary/aromatic N) is 1. The fourth-order valence-corrected chi connectivity index (χ4v) is 2.38. The number of hydrogen-bond acceptors (Lipinski definition) is 2. The van der Waals surface area contributed by atoms with Crippen molar-refractivity contribution in [1.29, 1.82) is 0 Å². The fourth-order valence-electron chi connectivity index (χ4n) is 2.38. The Bertz CT molecular complexity index is 289. The van der Waals surface area contributed by atoms with Crippen LogP contribution in [0.15, 0.2) is 0 Å². The molecule has 1 fully saturated rings. The van der Waals surface area contributed by atoms with Crippen molar-refractivity contribution in [3.8, 4) is 0 Å². The second kappa shape index (κ2) is 6.03. The average molecular weight is 240 g/mol. The first-order chi connectivity index (χ1) is 7.95. The van der Waals surface area contributed by atoms with Gasteiger partial charge in [0.1, 0.15) is 6.04 Å². The smallest absolute Gasteiger partial charge is 0.245 e. The Morgan fingerprint density at radius 2 is 2.00 bits per heavy atom. The lowest BCUT2D eigenvalue weighted by Gasteiger charge is -2.30. The molecule has 1 heterocycles. The first-order valence-corrected chi connectivity index (χ1v) is 6.55. The molecule has 0 bridgehead atoms. The van der Waals surface area contributed by atoms with Gasteiger partial charge in [0.25, 0.3) is 0 Å². The zero-order valence-electron chi connectivity index (χ0n) is 11.3. The Hall–Kier alpha value is -1.06. The Balaban J connectivity index is 2.75. The van der Waals surface area contributed by atoms with E-state index in [9.17, 15) is 9.59 Å². The molecule has 0 aromatic carbocycles. The van der Waals surface area contributed by atoms with Gasteiger partial charge in [0.15, 0.2) is 0 Å². The molecule has 0 radical (unpaired) electrons. The number of nitrogens with one attached hydrogen (secondary N) is 1. The van der Waals surface area contributed by atoms with Gasteiger partial charge in [-0.2, -0.15) is 0 Å². The average Bonchev–Trinajstić information content (AvgIpc) is 2.37. The number of carbonyl (C=O) groups excluding carboxylic acids is 2. The minimum absolute atomic E-state index is 0.00977. The SMILES string of the molecule is CCC1NC(=O)CCN(C(C)CC(C)C)C1=O. The lowest BCUT2D eigenvalue weighted by Crippen LogP contribution is -2.47. The molecule has 98 valence electrons. The van der Waals surface area contributed by atoms with Crippen LogP contribution < -0.4 is 5.32 Å². The van der Waals surface area contributed by atoms with Crippen LogP contribution in [0.25, 0.3) is 0 Å². The van der Waals surface area contributed by atoms with Gasteiger partial charge in [0, 0.05) is 19.0 Å². The Kier molecular flexibility index (Phi) is 4.97. The summed E-state index contributed by atoms with van der Waals surface area (Å²) in [6.07, 6.45) is 2.07. The van der Waals surface area contributed by atoms with Crippen LogP contribution in [0, 0.1) is 5.92 Å². The first kappa shape index (κ1) is 14.0. The van der Waals surface area contributed by atoms with Crippen LogP contribution in [0.3, 0.4) is 0 Å². The van der Waals surface area contributed by atoms with Gasteiger partial charge >= 0.3 is 0 Å². The summed E-state index contributed by atoms with van der Waals surface area (Å²) in [6, 6.07) is -0.121. The molecule has 1 N–H and O–H groups in total. The lowest BCUT2D eigenvalue weighted by atomic mass is 10.0. The monoisotopic (exact) mass is 240 g/mol. The number of carbonyl (C=O) groups is 2. The molecule has 0 saturated carbocycles. The Labute approximate surface area is 104 Å². The predicted molar refractivity (Wildman–Crippen MR) is 67.5 cm³/mol. The van der Waals surface area contributed by atoms with Crippen LogP contribution in [0.1, 0.15) is 47.0 Å². The van der Waals surface area contributed by atoms with Crippen LogP contribution >= 0.6 is 0 Å². The topological polar surface area (TPSA) is 49.4 Å². The second-order valence-corrected chi connectivity index (χ2v) is 5.29. The van der Waals surface area contributed by atoms with E-state index in [-0.39, 0.29) is 23.9 Å². The van der Waals surface area contributed by atoms with E-state index in [0.29, 0.717) is 25.3 Å². The van der Waals surface area contributed by atoms with Gasteiger partial charge in [0.2, 0.25) is 11.8 Å². The molecule has 1 aliphatic rings. The zero-order chi connectivity index (χ0) is 13.0. The molecule has 0 aromatic rings. The van der Waals surface area contributed by atoms with Crippen LogP contribution in [0.2, 0.25) is 0 Å². The molecule has 4 heteroatoms. The van der Waals surface area contributed by atoms with E-state index >= 15 is 0 Å². The van der Waals surface area contributed by atoms with E-state index in [0.717, 1.165) is 6.42 Å². The molecule has 0 aromatic heterocycles. The summed E-state index contributed by atoms with van der Waals surface area (Å²) < 4.78 is 0. The highest BCUT2D eigenvalue weighted by atomic mass is 16.2. The largest absolute Gasteiger partial charge is 0.344 e. The minimum Gasteiger partial charge on any atom is -0.344 e. The molecule has 1 saturated heterocycles. The van der Waals surface area contributed by atoms with Crippen molar-refractivity contribution in [2.45, 2.75) is 59.0 Å². The van der Waals surface area contributed by atoms with E-state index < -0.39 is 0 Å². The van der Waals surface area contributed by atoms with Crippen molar-refractivity contribution in [3.05, 3.63) is 0 Å². The third-order valence-electron chi connectivity index (χ3n) is 3.25. The number of rotatable bonds is 4. The Morgan fingerprint density at radius 1 is 1.35 bits per heavy atom. The van der Waals surface area contributed by atoms with Gasteiger partial charge in [-0.1, -0.05) is 20.8 Å². The summed E-state index contributed by atoms with van der Waals surface area (Å²) in [7, 11) is 0. The third kappa shape index (κ3) is 3.72. The normalized spacial score (nSPS) is 23.6. The minimum atomic E-state index is -0.334. The van der Waals surface area contributed by atoms with Crippen LogP contribution in [-0.4, -0.2) is 35.3 Å². The van der Waals surface area contributed by atoms with Crippen molar-refractivity contribution in [1.82, 2.24) is 10.2 Å². The molecule has 4 nitrogen and oxygen atoms in total. The molecule has 0 aliphatic carbocycles. The Morgan fingerprint density at radius 3 is 2.53 bits per heavy atom. The summed E-state index contributed by atoms with van der Waals surface area (Å²) in [4.78, 5) is 25.6.